The van der Waals surface area contributed by atoms with Crippen LogP contribution in [-0.2, 0) is 9.59 Å². The molecule has 1 saturated carbocycles. The number of rotatable bonds is 4. The molecule has 0 aromatic carbocycles. The lowest BCUT2D eigenvalue weighted by Gasteiger charge is -2.35. The van der Waals surface area contributed by atoms with E-state index in [1.54, 1.807) is 4.90 Å². The van der Waals surface area contributed by atoms with E-state index >= 15 is 0 Å². The normalized spacial score (nSPS) is 28.9. The molecule has 1 heterocycles. The van der Waals surface area contributed by atoms with Crippen molar-refractivity contribution in [1.82, 2.24) is 10.2 Å². The maximum absolute atomic E-state index is 12.5. The molecule has 1 saturated heterocycles. The molecule has 0 bridgehead atoms. The predicted octanol–water partition coefficient (Wildman–Crippen LogP) is 1.44. The van der Waals surface area contributed by atoms with Crippen LogP contribution in [0.3, 0.4) is 0 Å². The van der Waals surface area contributed by atoms with Gasteiger partial charge in [0, 0.05) is 19.0 Å². The smallest absolute Gasteiger partial charge is 0.243 e. The number of nitrogens with two attached hydrogens (primary N) is 1. The first-order chi connectivity index (χ1) is 9.67. The zero-order chi connectivity index (χ0) is 14.5. The fourth-order valence-corrected chi connectivity index (χ4v) is 3.49. The Morgan fingerprint density at radius 3 is 2.62 bits per heavy atom. The summed E-state index contributed by atoms with van der Waals surface area (Å²) in [6.07, 6.45) is 6.54. The van der Waals surface area contributed by atoms with Crippen LogP contribution in [0.25, 0.3) is 0 Å². The van der Waals surface area contributed by atoms with Crippen molar-refractivity contribution < 1.29 is 9.59 Å². The molecule has 0 aromatic heterocycles. The predicted molar refractivity (Wildman–Crippen MR) is 85.2 cm³/mol. The Kier molecular flexibility index (Phi) is 7.46. The molecule has 6 heteroatoms. The number of carbonyl (C=O) groups excluding carboxylic acids is 2. The molecule has 1 aliphatic carbocycles. The summed E-state index contributed by atoms with van der Waals surface area (Å²) in [6.45, 7) is 3.20. The largest absolute Gasteiger partial charge is 0.351 e. The van der Waals surface area contributed by atoms with Crippen LogP contribution >= 0.6 is 12.4 Å². The van der Waals surface area contributed by atoms with Crippen molar-refractivity contribution in [1.29, 1.82) is 0 Å². The summed E-state index contributed by atoms with van der Waals surface area (Å²) in [4.78, 5) is 26.2. The van der Waals surface area contributed by atoms with E-state index in [0.29, 0.717) is 18.9 Å². The first-order valence-electron chi connectivity index (χ1n) is 7.97. The zero-order valence-corrected chi connectivity index (χ0v) is 13.7. The average Bonchev–Trinajstić information content (AvgIpc) is 2.93. The molecule has 0 spiro atoms. The minimum absolute atomic E-state index is 0. The van der Waals surface area contributed by atoms with E-state index in [4.69, 9.17) is 5.73 Å². The summed E-state index contributed by atoms with van der Waals surface area (Å²) >= 11 is 0. The van der Waals surface area contributed by atoms with Crippen molar-refractivity contribution in [3.63, 3.8) is 0 Å². The molecule has 5 nitrogen and oxygen atoms in total. The number of halogens is 1. The Morgan fingerprint density at radius 2 is 1.95 bits per heavy atom. The van der Waals surface area contributed by atoms with Crippen molar-refractivity contribution >= 4 is 24.2 Å². The molecular formula is C15H28ClN3O2. The second-order valence-corrected chi connectivity index (χ2v) is 5.99. The fraction of sp³-hybridized carbons (Fsp3) is 0.867. The minimum Gasteiger partial charge on any atom is -0.351 e. The van der Waals surface area contributed by atoms with Crippen LogP contribution in [0.4, 0.5) is 0 Å². The van der Waals surface area contributed by atoms with Crippen LogP contribution in [-0.4, -0.2) is 41.9 Å². The molecule has 1 aliphatic heterocycles. The quantitative estimate of drug-likeness (QED) is 0.824. The molecule has 3 N–H and O–H groups in total. The third-order valence-electron chi connectivity index (χ3n) is 4.72. The van der Waals surface area contributed by atoms with E-state index < -0.39 is 0 Å². The highest BCUT2D eigenvalue weighted by atomic mass is 35.5. The van der Waals surface area contributed by atoms with Gasteiger partial charge in [-0.25, -0.2) is 0 Å². The number of amides is 2. The summed E-state index contributed by atoms with van der Waals surface area (Å²) in [5, 5.41) is 3.15. The van der Waals surface area contributed by atoms with Crippen LogP contribution in [0.2, 0.25) is 0 Å². The lowest BCUT2D eigenvalue weighted by Crippen LogP contribution is -2.54. The van der Waals surface area contributed by atoms with Crippen LogP contribution in [0, 0.1) is 5.92 Å². The van der Waals surface area contributed by atoms with Crippen molar-refractivity contribution in [3.8, 4) is 0 Å². The van der Waals surface area contributed by atoms with Crippen molar-refractivity contribution in [3.05, 3.63) is 0 Å². The number of likely N-dealkylation sites (tertiary alicyclic amines) is 1. The first kappa shape index (κ1) is 18.2. The standard InChI is InChI=1S/C15H27N3O2.ClH/c1-2-14(19)18-9-4-3-8-13(18)15(20)17-12-7-5-6-11(12)10-16;/h11-13H,2-10,16H2,1H3,(H,17,20);1H. The van der Waals surface area contributed by atoms with Gasteiger partial charge in [-0.2, -0.15) is 0 Å². The molecule has 0 radical (unpaired) electrons. The molecular weight excluding hydrogens is 290 g/mol. The van der Waals surface area contributed by atoms with Crippen molar-refractivity contribution in [2.45, 2.75) is 64.0 Å². The third kappa shape index (κ3) is 4.33. The van der Waals surface area contributed by atoms with Crippen LogP contribution in [0.15, 0.2) is 0 Å². The highest BCUT2D eigenvalue weighted by molar-refractivity contribution is 5.88. The van der Waals surface area contributed by atoms with E-state index in [1.807, 2.05) is 6.92 Å². The molecule has 3 unspecified atom stereocenters. The highest BCUT2D eigenvalue weighted by Gasteiger charge is 2.34. The molecule has 0 aromatic rings. The second kappa shape index (κ2) is 8.59. The number of piperidine rings is 1. The van der Waals surface area contributed by atoms with Gasteiger partial charge >= 0.3 is 0 Å². The first-order valence-corrected chi connectivity index (χ1v) is 7.97. The van der Waals surface area contributed by atoms with Gasteiger partial charge < -0.3 is 16.0 Å². The summed E-state index contributed by atoms with van der Waals surface area (Å²) in [6, 6.07) is -0.0665. The molecule has 2 amide bonds. The molecule has 122 valence electrons. The van der Waals surface area contributed by atoms with Gasteiger partial charge in [-0.05, 0) is 44.6 Å². The average molecular weight is 318 g/mol. The van der Waals surface area contributed by atoms with Crippen LogP contribution < -0.4 is 11.1 Å². The van der Waals surface area contributed by atoms with Crippen molar-refractivity contribution in [2.24, 2.45) is 11.7 Å². The van der Waals surface area contributed by atoms with Gasteiger partial charge in [0.2, 0.25) is 11.8 Å². The molecule has 2 aliphatic rings. The van der Waals surface area contributed by atoms with Gasteiger partial charge in [0.15, 0.2) is 0 Å². The third-order valence-corrected chi connectivity index (χ3v) is 4.72. The number of carbonyl (C=O) groups is 2. The molecule has 2 rings (SSSR count). The van der Waals surface area contributed by atoms with Gasteiger partial charge in [0.25, 0.3) is 0 Å². The summed E-state index contributed by atoms with van der Waals surface area (Å²) in [5.41, 5.74) is 5.76. The second-order valence-electron chi connectivity index (χ2n) is 5.99. The molecule has 2 fully saturated rings. The number of nitrogens with zero attached hydrogens (tertiary/aromatic N) is 1. The topological polar surface area (TPSA) is 75.4 Å². The number of nitrogens with one attached hydrogen (secondary N) is 1. The summed E-state index contributed by atoms with van der Waals surface area (Å²) in [5.74, 6) is 0.515. The highest BCUT2D eigenvalue weighted by Crippen LogP contribution is 2.25. The van der Waals surface area contributed by atoms with E-state index in [1.165, 1.54) is 0 Å². The lowest BCUT2D eigenvalue weighted by molar-refractivity contribution is -0.142. The SMILES string of the molecule is CCC(=O)N1CCCCC1C(=O)NC1CCCC1CN.Cl. The lowest BCUT2D eigenvalue weighted by atomic mass is 9.99. The zero-order valence-electron chi connectivity index (χ0n) is 12.8. The monoisotopic (exact) mass is 317 g/mol. The Bertz CT molecular complexity index is 365. The Labute approximate surface area is 133 Å². The van der Waals surface area contributed by atoms with Gasteiger partial charge in [-0.15, -0.1) is 12.4 Å². The number of hydrogen-bond donors (Lipinski definition) is 2. The van der Waals surface area contributed by atoms with Crippen molar-refractivity contribution in [2.75, 3.05) is 13.1 Å². The van der Waals surface area contributed by atoms with E-state index in [9.17, 15) is 9.59 Å². The Hall–Kier alpha value is -0.810. The fourth-order valence-electron chi connectivity index (χ4n) is 3.49. The van der Waals surface area contributed by atoms with Gasteiger partial charge in [-0.1, -0.05) is 13.3 Å². The maximum atomic E-state index is 12.5. The Morgan fingerprint density at radius 1 is 1.19 bits per heavy atom. The molecule has 21 heavy (non-hydrogen) atoms. The minimum atomic E-state index is -0.268. The van der Waals surface area contributed by atoms with E-state index in [2.05, 4.69) is 5.32 Å². The van der Waals surface area contributed by atoms with E-state index in [-0.39, 0.29) is 36.3 Å². The van der Waals surface area contributed by atoms with Gasteiger partial charge in [-0.3, -0.25) is 9.59 Å². The van der Waals surface area contributed by atoms with Crippen LogP contribution in [0.5, 0.6) is 0 Å². The number of hydrogen-bond acceptors (Lipinski definition) is 3. The summed E-state index contributed by atoms with van der Waals surface area (Å²) in [7, 11) is 0. The summed E-state index contributed by atoms with van der Waals surface area (Å²) < 4.78 is 0. The molecule has 3 atom stereocenters. The Balaban J connectivity index is 0.00000220. The van der Waals surface area contributed by atoms with Gasteiger partial charge in [0.1, 0.15) is 6.04 Å². The van der Waals surface area contributed by atoms with Crippen LogP contribution in [0.1, 0.15) is 51.9 Å². The van der Waals surface area contributed by atoms with E-state index in [0.717, 1.165) is 45.1 Å². The van der Waals surface area contributed by atoms with Gasteiger partial charge in [0.05, 0.1) is 0 Å². The maximum Gasteiger partial charge on any atom is 0.243 e.